The van der Waals surface area contributed by atoms with Crippen LogP contribution in [0, 0.1) is 5.41 Å². The SMILES string of the molecule is COCCC[C@@]1(CO)CN(Cc2ccccc2C(F)(F)F)CC[C@H]1O. The Balaban J connectivity index is 2.13. The Morgan fingerprint density at radius 3 is 2.68 bits per heavy atom. The van der Waals surface area contributed by atoms with E-state index in [4.69, 9.17) is 4.74 Å². The van der Waals surface area contributed by atoms with Gasteiger partial charge >= 0.3 is 6.18 Å². The average molecular weight is 361 g/mol. The fraction of sp³-hybridized carbons (Fsp3) is 0.667. The number of ether oxygens (including phenoxy) is 1. The number of nitrogens with zero attached hydrogens (tertiary/aromatic N) is 1. The minimum Gasteiger partial charge on any atom is -0.396 e. The summed E-state index contributed by atoms with van der Waals surface area (Å²) in [5, 5.41) is 20.3. The van der Waals surface area contributed by atoms with Gasteiger partial charge in [0.05, 0.1) is 18.3 Å². The van der Waals surface area contributed by atoms with E-state index in [2.05, 4.69) is 0 Å². The van der Waals surface area contributed by atoms with E-state index in [1.165, 1.54) is 12.1 Å². The van der Waals surface area contributed by atoms with Crippen LogP contribution in [0.5, 0.6) is 0 Å². The molecule has 0 saturated carbocycles. The summed E-state index contributed by atoms with van der Waals surface area (Å²) in [6, 6.07) is 5.56. The molecule has 0 aromatic heterocycles. The highest BCUT2D eigenvalue weighted by atomic mass is 19.4. The molecule has 1 aromatic carbocycles. The first-order valence-electron chi connectivity index (χ1n) is 8.48. The van der Waals surface area contributed by atoms with Crippen molar-refractivity contribution in [3.63, 3.8) is 0 Å². The first kappa shape index (κ1) is 20.2. The Morgan fingerprint density at radius 1 is 1.32 bits per heavy atom. The molecule has 1 heterocycles. The molecule has 0 bridgehead atoms. The van der Waals surface area contributed by atoms with Gasteiger partial charge in [0.15, 0.2) is 0 Å². The van der Waals surface area contributed by atoms with Crippen LogP contribution >= 0.6 is 0 Å². The quantitative estimate of drug-likeness (QED) is 0.733. The van der Waals surface area contributed by atoms with Gasteiger partial charge in [-0.2, -0.15) is 13.2 Å². The van der Waals surface area contributed by atoms with E-state index in [1.54, 1.807) is 13.2 Å². The van der Waals surface area contributed by atoms with Crippen molar-refractivity contribution in [1.82, 2.24) is 4.90 Å². The van der Waals surface area contributed by atoms with Crippen LogP contribution in [0.15, 0.2) is 24.3 Å². The topological polar surface area (TPSA) is 52.9 Å². The molecule has 1 aliphatic heterocycles. The summed E-state index contributed by atoms with van der Waals surface area (Å²) in [6.45, 7) is 1.33. The van der Waals surface area contributed by atoms with E-state index in [0.29, 0.717) is 39.0 Å². The summed E-state index contributed by atoms with van der Waals surface area (Å²) in [7, 11) is 1.59. The summed E-state index contributed by atoms with van der Waals surface area (Å²) in [6.07, 6.45) is -3.37. The van der Waals surface area contributed by atoms with Gasteiger partial charge in [-0.25, -0.2) is 0 Å². The van der Waals surface area contributed by atoms with E-state index < -0.39 is 23.3 Å². The van der Waals surface area contributed by atoms with Gasteiger partial charge in [-0.05, 0) is 30.9 Å². The van der Waals surface area contributed by atoms with Gasteiger partial charge in [0.25, 0.3) is 0 Å². The molecule has 1 fully saturated rings. The van der Waals surface area contributed by atoms with Crippen molar-refractivity contribution in [2.45, 2.75) is 38.1 Å². The molecule has 0 radical (unpaired) electrons. The van der Waals surface area contributed by atoms with Crippen molar-refractivity contribution in [1.29, 1.82) is 0 Å². The number of alkyl halides is 3. The van der Waals surface area contributed by atoms with E-state index >= 15 is 0 Å². The molecule has 4 nitrogen and oxygen atoms in total. The minimum absolute atomic E-state index is 0.147. The zero-order chi connectivity index (χ0) is 18.5. The number of halogens is 3. The zero-order valence-electron chi connectivity index (χ0n) is 14.4. The highest BCUT2D eigenvalue weighted by Crippen LogP contribution is 2.37. The van der Waals surface area contributed by atoms with Crippen molar-refractivity contribution in [3.8, 4) is 0 Å². The summed E-state index contributed by atoms with van der Waals surface area (Å²) in [5.41, 5.74) is -1.13. The smallest absolute Gasteiger partial charge is 0.396 e. The second-order valence-corrected chi connectivity index (χ2v) is 6.79. The maximum absolute atomic E-state index is 13.2. The van der Waals surface area contributed by atoms with Crippen molar-refractivity contribution in [2.24, 2.45) is 5.41 Å². The molecule has 25 heavy (non-hydrogen) atoms. The molecule has 2 atom stereocenters. The maximum Gasteiger partial charge on any atom is 0.416 e. The predicted octanol–water partition coefficient (Wildman–Crippen LogP) is 2.68. The molecule has 2 N–H and O–H groups in total. The molecule has 7 heteroatoms. The third kappa shape index (κ3) is 4.94. The first-order valence-corrected chi connectivity index (χ1v) is 8.48. The van der Waals surface area contributed by atoms with E-state index in [0.717, 1.165) is 6.07 Å². The molecule has 0 spiro atoms. The number of hydrogen-bond donors (Lipinski definition) is 2. The first-order chi connectivity index (χ1) is 11.8. The third-order valence-electron chi connectivity index (χ3n) is 5.02. The lowest BCUT2D eigenvalue weighted by Gasteiger charge is -2.45. The largest absolute Gasteiger partial charge is 0.416 e. The van der Waals surface area contributed by atoms with Gasteiger partial charge < -0.3 is 14.9 Å². The molecule has 2 rings (SSSR count). The Morgan fingerprint density at radius 2 is 2.04 bits per heavy atom. The average Bonchev–Trinajstić information content (AvgIpc) is 2.57. The number of likely N-dealkylation sites (tertiary alicyclic amines) is 1. The monoisotopic (exact) mass is 361 g/mol. The second-order valence-electron chi connectivity index (χ2n) is 6.79. The molecule has 1 aliphatic rings. The van der Waals surface area contributed by atoms with Gasteiger partial charge in [-0.1, -0.05) is 18.2 Å². The number of piperidine rings is 1. The van der Waals surface area contributed by atoms with E-state index in [-0.39, 0.29) is 18.7 Å². The molecule has 0 amide bonds. The van der Waals surface area contributed by atoms with E-state index in [9.17, 15) is 23.4 Å². The van der Waals surface area contributed by atoms with Gasteiger partial charge in [0.1, 0.15) is 0 Å². The minimum atomic E-state index is -4.39. The summed E-state index contributed by atoms with van der Waals surface area (Å²) in [4.78, 5) is 1.89. The Labute approximate surface area is 146 Å². The highest BCUT2D eigenvalue weighted by molar-refractivity contribution is 5.29. The number of aliphatic hydroxyl groups excluding tert-OH is 2. The van der Waals surface area contributed by atoms with Crippen LogP contribution in [0.2, 0.25) is 0 Å². The number of rotatable bonds is 7. The third-order valence-corrected chi connectivity index (χ3v) is 5.02. The molecular formula is C18H26F3NO3. The Kier molecular flexibility index (Phi) is 6.85. The number of hydrogen-bond acceptors (Lipinski definition) is 4. The van der Waals surface area contributed by atoms with Crippen LogP contribution < -0.4 is 0 Å². The number of benzene rings is 1. The van der Waals surface area contributed by atoms with Crippen molar-refractivity contribution in [2.75, 3.05) is 33.4 Å². The van der Waals surface area contributed by atoms with Crippen LogP contribution in [0.1, 0.15) is 30.4 Å². The lowest BCUT2D eigenvalue weighted by atomic mass is 9.74. The van der Waals surface area contributed by atoms with Crippen molar-refractivity contribution in [3.05, 3.63) is 35.4 Å². The highest BCUT2D eigenvalue weighted by Gasteiger charge is 2.42. The molecule has 0 unspecified atom stereocenters. The van der Waals surface area contributed by atoms with Gasteiger partial charge in [0, 0.05) is 38.8 Å². The normalized spacial score (nSPS) is 25.3. The molecule has 0 aliphatic carbocycles. The fourth-order valence-electron chi connectivity index (χ4n) is 3.60. The van der Waals surface area contributed by atoms with Crippen LogP contribution in [0.25, 0.3) is 0 Å². The van der Waals surface area contributed by atoms with Crippen LogP contribution in [0.4, 0.5) is 13.2 Å². The zero-order valence-corrected chi connectivity index (χ0v) is 14.4. The lowest BCUT2D eigenvalue weighted by molar-refractivity contribution is -0.138. The molecule has 142 valence electrons. The van der Waals surface area contributed by atoms with Crippen molar-refractivity contribution < 1.29 is 28.1 Å². The standard InChI is InChI=1S/C18H26F3NO3/c1-25-10-4-8-17(13-23)12-22(9-7-16(17)24)11-14-5-2-3-6-15(14)18(19,20)21/h2-3,5-6,16,23-24H,4,7-13H2,1H3/t16-,17+/m1/s1. The Hall–Kier alpha value is -1.15. The summed E-state index contributed by atoms with van der Waals surface area (Å²) >= 11 is 0. The Bertz CT molecular complexity index is 553. The van der Waals surface area contributed by atoms with Crippen LogP contribution in [-0.4, -0.2) is 54.6 Å². The van der Waals surface area contributed by atoms with Crippen LogP contribution in [0.3, 0.4) is 0 Å². The van der Waals surface area contributed by atoms with Crippen LogP contribution in [-0.2, 0) is 17.5 Å². The predicted molar refractivity (Wildman–Crippen MR) is 88.0 cm³/mol. The maximum atomic E-state index is 13.2. The van der Waals surface area contributed by atoms with Gasteiger partial charge in [-0.3, -0.25) is 4.90 Å². The number of aliphatic hydroxyl groups is 2. The molecule has 1 saturated heterocycles. The second kappa shape index (κ2) is 8.49. The summed E-state index contributed by atoms with van der Waals surface area (Å²) in [5.74, 6) is 0. The van der Waals surface area contributed by atoms with E-state index in [1.807, 2.05) is 4.90 Å². The molecular weight excluding hydrogens is 335 g/mol. The molecule has 1 aromatic rings. The van der Waals surface area contributed by atoms with Gasteiger partial charge in [-0.15, -0.1) is 0 Å². The summed E-state index contributed by atoms with van der Waals surface area (Å²) < 4.78 is 44.6. The van der Waals surface area contributed by atoms with Gasteiger partial charge in [0.2, 0.25) is 0 Å². The van der Waals surface area contributed by atoms with Crippen molar-refractivity contribution >= 4 is 0 Å². The lowest BCUT2D eigenvalue weighted by Crippen LogP contribution is -2.53. The fourth-order valence-corrected chi connectivity index (χ4v) is 3.60. The number of methoxy groups -OCH3 is 1.